The summed E-state index contributed by atoms with van der Waals surface area (Å²) in [4.78, 5) is 4.69. The van der Waals surface area contributed by atoms with Gasteiger partial charge < -0.3 is 10.1 Å². The molecule has 5 rings (SSSR count). The Morgan fingerprint density at radius 2 is 1.94 bits per heavy atom. The molecule has 1 N–H and O–H groups in total. The van der Waals surface area contributed by atoms with E-state index in [2.05, 4.69) is 81.9 Å². The number of nitrogens with zero attached hydrogens (tertiary/aromatic N) is 1. The van der Waals surface area contributed by atoms with Gasteiger partial charge in [-0.2, -0.15) is 0 Å². The topological polar surface area (TPSA) is 33.6 Å². The van der Waals surface area contributed by atoms with Gasteiger partial charge in [0.15, 0.2) is 0 Å². The van der Waals surface area contributed by atoms with Gasteiger partial charge in [0.25, 0.3) is 0 Å². The number of benzene rings is 3. The molecule has 3 atom stereocenters. The number of hydrogen-bond acceptors (Lipinski definition) is 3. The number of ether oxygens (including phenoxy) is 1. The van der Waals surface area contributed by atoms with Crippen LogP contribution in [-0.4, -0.2) is 12.8 Å². The van der Waals surface area contributed by atoms with Crippen molar-refractivity contribution in [3.05, 3.63) is 100 Å². The molecule has 156 valence electrons. The monoisotopic (exact) mass is 472 g/mol. The Kier molecular flexibility index (Phi) is 5.65. The third-order valence-corrected chi connectivity index (χ3v) is 6.64. The standard InChI is InChI=1S/C27H25BrN2O/c1-2-31-26-15-12-20(28)16-19(26)17-29-21-13-10-18(11-14-21)27-24-8-5-7-22(24)23-6-3-4-9-25(23)30-27/h3-7,9-17,22,24,27,30H,2,8H2,1H3/t22-,24-,27-/m0/s1. The van der Waals surface area contributed by atoms with Gasteiger partial charge in [0.05, 0.1) is 18.3 Å². The fraction of sp³-hybridized carbons (Fsp3) is 0.222. The van der Waals surface area contributed by atoms with Crippen molar-refractivity contribution in [2.75, 3.05) is 11.9 Å². The summed E-state index contributed by atoms with van der Waals surface area (Å²) in [5.74, 6) is 1.89. The summed E-state index contributed by atoms with van der Waals surface area (Å²) in [7, 11) is 0. The third-order valence-electron chi connectivity index (χ3n) is 6.15. The fourth-order valence-corrected chi connectivity index (χ4v) is 5.07. The Labute approximate surface area is 192 Å². The van der Waals surface area contributed by atoms with Crippen LogP contribution in [0.5, 0.6) is 5.75 Å². The first-order valence-corrected chi connectivity index (χ1v) is 11.6. The number of aliphatic imine (C=N–C) groups is 1. The van der Waals surface area contributed by atoms with Gasteiger partial charge in [0, 0.05) is 27.9 Å². The van der Waals surface area contributed by atoms with Crippen LogP contribution in [0.2, 0.25) is 0 Å². The zero-order valence-corrected chi connectivity index (χ0v) is 19.0. The molecule has 0 amide bonds. The van der Waals surface area contributed by atoms with E-state index < -0.39 is 0 Å². The highest BCUT2D eigenvalue weighted by atomic mass is 79.9. The Morgan fingerprint density at radius 3 is 2.77 bits per heavy atom. The predicted molar refractivity (Wildman–Crippen MR) is 132 cm³/mol. The lowest BCUT2D eigenvalue weighted by Gasteiger charge is -2.37. The van der Waals surface area contributed by atoms with E-state index in [1.165, 1.54) is 16.8 Å². The lowest BCUT2D eigenvalue weighted by atomic mass is 9.77. The van der Waals surface area contributed by atoms with Gasteiger partial charge in [-0.25, -0.2) is 0 Å². The molecule has 31 heavy (non-hydrogen) atoms. The van der Waals surface area contributed by atoms with Crippen LogP contribution in [0.3, 0.4) is 0 Å². The molecule has 4 heteroatoms. The molecule has 0 spiro atoms. The molecule has 0 saturated heterocycles. The van der Waals surface area contributed by atoms with Crippen molar-refractivity contribution < 1.29 is 4.74 Å². The Morgan fingerprint density at radius 1 is 1.10 bits per heavy atom. The summed E-state index contributed by atoms with van der Waals surface area (Å²) in [5, 5.41) is 3.79. The summed E-state index contributed by atoms with van der Waals surface area (Å²) in [5.41, 5.74) is 5.87. The number of rotatable bonds is 5. The Bertz CT molecular complexity index is 1140. The zero-order valence-electron chi connectivity index (χ0n) is 17.5. The molecular weight excluding hydrogens is 448 g/mol. The maximum Gasteiger partial charge on any atom is 0.128 e. The maximum absolute atomic E-state index is 5.72. The first-order chi connectivity index (χ1) is 15.2. The molecule has 0 fully saturated rings. The van der Waals surface area contributed by atoms with E-state index in [1.807, 2.05) is 31.3 Å². The lowest BCUT2D eigenvalue weighted by molar-refractivity contribution is 0.339. The molecule has 0 unspecified atom stereocenters. The molecule has 2 aliphatic rings. The largest absolute Gasteiger partial charge is 0.493 e. The van der Waals surface area contributed by atoms with E-state index in [0.717, 1.165) is 27.9 Å². The predicted octanol–water partition coefficient (Wildman–Crippen LogP) is 7.42. The summed E-state index contributed by atoms with van der Waals surface area (Å²) >= 11 is 3.53. The highest BCUT2D eigenvalue weighted by Crippen LogP contribution is 2.49. The Hall–Kier alpha value is -2.85. The van der Waals surface area contributed by atoms with Crippen molar-refractivity contribution in [1.29, 1.82) is 0 Å². The second-order valence-corrected chi connectivity index (χ2v) is 8.94. The van der Waals surface area contributed by atoms with Crippen molar-refractivity contribution >= 4 is 33.5 Å². The number of anilines is 1. The average Bonchev–Trinajstić information content (AvgIpc) is 3.29. The molecule has 1 aliphatic heterocycles. The zero-order chi connectivity index (χ0) is 21.2. The molecule has 0 saturated carbocycles. The molecule has 3 nitrogen and oxygen atoms in total. The minimum Gasteiger partial charge on any atom is -0.493 e. The van der Waals surface area contributed by atoms with Gasteiger partial charge in [-0.15, -0.1) is 0 Å². The van der Waals surface area contributed by atoms with Crippen LogP contribution < -0.4 is 10.1 Å². The van der Waals surface area contributed by atoms with Crippen LogP contribution in [-0.2, 0) is 0 Å². The molecule has 1 heterocycles. The van der Waals surface area contributed by atoms with Crippen molar-refractivity contribution in [3.63, 3.8) is 0 Å². The van der Waals surface area contributed by atoms with E-state index in [-0.39, 0.29) is 0 Å². The van der Waals surface area contributed by atoms with Crippen LogP contribution >= 0.6 is 15.9 Å². The fourth-order valence-electron chi connectivity index (χ4n) is 4.69. The second kappa shape index (κ2) is 8.72. The maximum atomic E-state index is 5.72. The Balaban J connectivity index is 1.38. The molecule has 3 aromatic rings. The molecule has 0 aromatic heterocycles. The third kappa shape index (κ3) is 4.05. The highest BCUT2D eigenvalue weighted by molar-refractivity contribution is 9.10. The van der Waals surface area contributed by atoms with Crippen molar-refractivity contribution in [1.82, 2.24) is 0 Å². The summed E-state index contributed by atoms with van der Waals surface area (Å²) < 4.78 is 6.73. The molecule has 0 bridgehead atoms. The number of halogens is 1. The molecule has 0 radical (unpaired) electrons. The van der Waals surface area contributed by atoms with Gasteiger partial charge in [-0.3, -0.25) is 4.99 Å². The quantitative estimate of drug-likeness (QED) is 0.309. The van der Waals surface area contributed by atoms with E-state index in [0.29, 0.717) is 24.5 Å². The normalized spacial score (nSPS) is 21.5. The van der Waals surface area contributed by atoms with Crippen LogP contribution in [0.25, 0.3) is 0 Å². The molecular formula is C27H25BrN2O. The van der Waals surface area contributed by atoms with Crippen LogP contribution in [0.15, 0.2) is 88.3 Å². The summed E-state index contributed by atoms with van der Waals surface area (Å²) in [6.45, 7) is 2.62. The van der Waals surface area contributed by atoms with Crippen molar-refractivity contribution in [2.45, 2.75) is 25.3 Å². The van der Waals surface area contributed by atoms with Crippen molar-refractivity contribution in [3.8, 4) is 5.75 Å². The number of fused-ring (bicyclic) bond motifs is 3. The van der Waals surface area contributed by atoms with E-state index in [1.54, 1.807) is 0 Å². The molecule has 1 aliphatic carbocycles. The average molecular weight is 473 g/mol. The van der Waals surface area contributed by atoms with Gasteiger partial charge in [-0.1, -0.05) is 58.4 Å². The van der Waals surface area contributed by atoms with E-state index >= 15 is 0 Å². The van der Waals surface area contributed by atoms with Crippen LogP contribution in [0.4, 0.5) is 11.4 Å². The van der Waals surface area contributed by atoms with E-state index in [9.17, 15) is 0 Å². The second-order valence-electron chi connectivity index (χ2n) is 8.03. The first kappa shape index (κ1) is 20.1. The van der Waals surface area contributed by atoms with Gasteiger partial charge in [0.1, 0.15) is 5.75 Å². The van der Waals surface area contributed by atoms with Gasteiger partial charge in [-0.05, 0) is 66.8 Å². The molecule has 3 aromatic carbocycles. The van der Waals surface area contributed by atoms with Crippen LogP contribution in [0, 0.1) is 5.92 Å². The number of hydrogen-bond donors (Lipinski definition) is 1. The lowest BCUT2D eigenvalue weighted by Crippen LogP contribution is -2.28. The van der Waals surface area contributed by atoms with Gasteiger partial charge >= 0.3 is 0 Å². The van der Waals surface area contributed by atoms with Gasteiger partial charge in [0.2, 0.25) is 0 Å². The number of nitrogens with one attached hydrogen (secondary N) is 1. The summed E-state index contributed by atoms with van der Waals surface area (Å²) in [6.07, 6.45) is 7.69. The first-order valence-electron chi connectivity index (χ1n) is 10.8. The van der Waals surface area contributed by atoms with E-state index in [4.69, 9.17) is 9.73 Å². The minimum absolute atomic E-state index is 0.308. The smallest absolute Gasteiger partial charge is 0.128 e. The van der Waals surface area contributed by atoms with Crippen LogP contribution in [0.1, 0.15) is 42.0 Å². The number of allylic oxidation sites excluding steroid dienone is 2. The number of para-hydroxylation sites is 1. The SMILES string of the molecule is CCOc1ccc(Br)cc1C=Nc1ccc([C@@H]2Nc3ccccc3[C@@H]3C=CC[C@@H]32)cc1. The minimum atomic E-state index is 0.308. The summed E-state index contributed by atoms with van der Waals surface area (Å²) in [6, 6.07) is 23.6. The highest BCUT2D eigenvalue weighted by Gasteiger charge is 2.37. The van der Waals surface area contributed by atoms with Crippen molar-refractivity contribution in [2.24, 2.45) is 10.9 Å².